The van der Waals surface area contributed by atoms with Crippen molar-refractivity contribution in [3.05, 3.63) is 81.7 Å². The van der Waals surface area contributed by atoms with E-state index in [0.717, 1.165) is 11.1 Å². The molecule has 11 nitrogen and oxygen atoms in total. The summed E-state index contributed by atoms with van der Waals surface area (Å²) in [4.78, 5) is 32.7. The van der Waals surface area contributed by atoms with Gasteiger partial charge in [-0.3, -0.25) is 0 Å². The SMILES string of the molecule is CC#Cc1sc2ncnc(NC(Cc3ccccc3OCc3ccnc(OCC(F)(F)F)n3)C(=O)O)c2c1-c1ccc(OCCN(C)C)c(Cl)c1C. The fraction of sp³-hybridized carbons (Fsp3) is 0.306. The highest BCUT2D eigenvalue weighted by Gasteiger charge is 2.29. The summed E-state index contributed by atoms with van der Waals surface area (Å²) in [6.45, 7) is 3.10. The molecule has 0 radical (unpaired) electrons. The van der Waals surface area contributed by atoms with Gasteiger partial charge in [0.05, 0.1) is 21.0 Å². The van der Waals surface area contributed by atoms with Crippen molar-refractivity contribution in [3.63, 3.8) is 0 Å². The van der Waals surface area contributed by atoms with Crippen molar-refractivity contribution in [2.24, 2.45) is 0 Å². The average Bonchev–Trinajstić information content (AvgIpc) is 3.47. The second-order valence-corrected chi connectivity index (χ2v) is 13.0. The first-order valence-electron chi connectivity index (χ1n) is 15.8. The molecular formula is C36H34ClF3N6O5S. The Kier molecular flexibility index (Phi) is 12.4. The van der Waals surface area contributed by atoms with Crippen molar-refractivity contribution < 1.29 is 37.3 Å². The van der Waals surface area contributed by atoms with Gasteiger partial charge in [-0.15, -0.1) is 17.3 Å². The number of aliphatic carboxylic acids is 1. The minimum atomic E-state index is -4.54. The van der Waals surface area contributed by atoms with Gasteiger partial charge in [0.15, 0.2) is 6.61 Å². The number of aromatic nitrogens is 4. The number of hydrogen-bond donors (Lipinski definition) is 2. The van der Waals surface area contributed by atoms with Crippen molar-refractivity contribution >= 4 is 44.9 Å². The van der Waals surface area contributed by atoms with Crippen molar-refractivity contribution in [2.75, 3.05) is 39.2 Å². The van der Waals surface area contributed by atoms with Gasteiger partial charge in [0.1, 0.15) is 47.7 Å². The quantitative estimate of drug-likeness (QED) is 0.107. The normalized spacial score (nSPS) is 11.9. The summed E-state index contributed by atoms with van der Waals surface area (Å²) in [6, 6.07) is 10.4. The topological polar surface area (TPSA) is 132 Å². The minimum absolute atomic E-state index is 0.0222. The van der Waals surface area contributed by atoms with Crippen LogP contribution in [0, 0.1) is 18.8 Å². The Labute approximate surface area is 306 Å². The number of nitrogens with one attached hydrogen (secondary N) is 1. The molecule has 2 aromatic carbocycles. The molecule has 3 heterocycles. The Hall–Kier alpha value is -5.17. The van der Waals surface area contributed by atoms with Gasteiger partial charge in [0, 0.05) is 24.7 Å². The molecule has 1 unspecified atom stereocenters. The molecule has 3 aromatic heterocycles. The van der Waals surface area contributed by atoms with Gasteiger partial charge < -0.3 is 29.5 Å². The maximum Gasteiger partial charge on any atom is 0.422 e. The first kappa shape index (κ1) is 38.1. The van der Waals surface area contributed by atoms with Crippen LogP contribution in [0.1, 0.15) is 28.6 Å². The standard InChI is InChI=1S/C36H34ClF3N6O5S/c1-5-8-28-29(24-11-12-27(31(37)21(24)2)49-16-15-46(3)4)30-32(42-20-43-33(30)52-28)45-25(34(47)48)17-22-9-6-7-10-26(22)50-18-23-13-14-41-35(44-23)51-19-36(38,39)40/h6-7,9-14,20,25H,15-19H2,1-4H3,(H,47,48)(H,42,43,45). The third-order valence-electron chi connectivity index (χ3n) is 7.58. The van der Waals surface area contributed by atoms with Gasteiger partial charge in [-0.05, 0) is 62.8 Å². The molecule has 16 heteroatoms. The molecule has 0 fully saturated rings. The molecule has 272 valence electrons. The average molecular weight is 755 g/mol. The number of nitrogens with zero attached hydrogens (tertiary/aromatic N) is 5. The smallest absolute Gasteiger partial charge is 0.422 e. The van der Waals surface area contributed by atoms with Crippen LogP contribution in [-0.4, -0.2) is 82.0 Å². The fourth-order valence-corrected chi connectivity index (χ4v) is 6.38. The second-order valence-electron chi connectivity index (χ2n) is 11.7. The Morgan fingerprint density at radius 2 is 1.87 bits per heavy atom. The predicted octanol–water partition coefficient (Wildman–Crippen LogP) is 7.05. The molecule has 52 heavy (non-hydrogen) atoms. The number of rotatable bonds is 15. The maximum absolute atomic E-state index is 12.7. The number of para-hydroxylation sites is 1. The molecular weight excluding hydrogens is 721 g/mol. The molecule has 5 aromatic rings. The number of thiophene rings is 1. The fourth-order valence-electron chi connectivity index (χ4n) is 5.10. The van der Waals surface area contributed by atoms with Crippen molar-refractivity contribution in [2.45, 2.75) is 39.1 Å². The van der Waals surface area contributed by atoms with E-state index in [2.05, 4.69) is 41.8 Å². The highest BCUT2D eigenvalue weighted by atomic mass is 35.5. The highest BCUT2D eigenvalue weighted by molar-refractivity contribution is 7.19. The molecule has 1 atom stereocenters. The van der Waals surface area contributed by atoms with E-state index in [1.807, 2.05) is 32.0 Å². The van der Waals surface area contributed by atoms with Crippen LogP contribution in [0.5, 0.6) is 17.5 Å². The van der Waals surface area contributed by atoms with Crippen molar-refractivity contribution in [1.82, 2.24) is 24.8 Å². The number of alkyl halides is 3. The number of likely N-dealkylation sites (N-methyl/N-ethyl adjacent to an activating group) is 1. The van der Waals surface area contributed by atoms with Gasteiger partial charge in [0.25, 0.3) is 0 Å². The summed E-state index contributed by atoms with van der Waals surface area (Å²) in [5.41, 5.74) is 3.05. The minimum Gasteiger partial charge on any atom is -0.491 e. The lowest BCUT2D eigenvalue weighted by atomic mass is 9.97. The second kappa shape index (κ2) is 16.9. The monoisotopic (exact) mass is 754 g/mol. The number of carbonyl (C=O) groups is 1. The summed E-state index contributed by atoms with van der Waals surface area (Å²) in [7, 11) is 3.91. The van der Waals surface area contributed by atoms with Crippen LogP contribution in [0.15, 0.2) is 55.0 Å². The Balaban J connectivity index is 1.43. The number of halogens is 4. The number of fused-ring (bicyclic) bond motifs is 1. The van der Waals surface area contributed by atoms with Gasteiger partial charge in [-0.1, -0.05) is 41.8 Å². The van der Waals surface area contributed by atoms with E-state index in [9.17, 15) is 23.1 Å². The van der Waals surface area contributed by atoms with Gasteiger partial charge in [0.2, 0.25) is 0 Å². The zero-order chi connectivity index (χ0) is 37.4. The Morgan fingerprint density at radius 3 is 2.60 bits per heavy atom. The zero-order valence-electron chi connectivity index (χ0n) is 28.5. The molecule has 0 aliphatic heterocycles. The van der Waals surface area contributed by atoms with Crippen molar-refractivity contribution in [1.29, 1.82) is 0 Å². The summed E-state index contributed by atoms with van der Waals surface area (Å²) in [6.07, 6.45) is -1.95. The summed E-state index contributed by atoms with van der Waals surface area (Å²) in [5.74, 6) is 6.17. The largest absolute Gasteiger partial charge is 0.491 e. The van der Waals surface area contributed by atoms with Gasteiger partial charge in [-0.25, -0.2) is 19.7 Å². The summed E-state index contributed by atoms with van der Waals surface area (Å²) in [5, 5.41) is 14.5. The van der Waals surface area contributed by atoms with E-state index in [-0.39, 0.29) is 18.7 Å². The first-order valence-corrected chi connectivity index (χ1v) is 17.0. The molecule has 0 saturated carbocycles. The van der Waals surface area contributed by atoms with Crippen LogP contribution in [0.4, 0.5) is 19.0 Å². The summed E-state index contributed by atoms with van der Waals surface area (Å²) < 4.78 is 54.3. The highest BCUT2D eigenvalue weighted by Crippen LogP contribution is 2.44. The molecule has 0 saturated heterocycles. The van der Waals surface area contributed by atoms with E-state index in [0.29, 0.717) is 61.7 Å². The van der Waals surface area contributed by atoms with Crippen LogP contribution in [0.3, 0.4) is 0 Å². The van der Waals surface area contributed by atoms with Gasteiger partial charge in [-0.2, -0.15) is 18.2 Å². The number of carboxylic acid groups (broad SMARTS) is 1. The maximum atomic E-state index is 12.7. The van der Waals surface area contributed by atoms with Gasteiger partial charge >= 0.3 is 18.2 Å². The molecule has 0 spiro atoms. The van der Waals surface area contributed by atoms with E-state index in [1.54, 1.807) is 37.3 Å². The number of ether oxygens (including phenoxy) is 3. The first-order chi connectivity index (χ1) is 24.8. The van der Waals surface area contributed by atoms with Crippen LogP contribution in [0.25, 0.3) is 21.3 Å². The lowest BCUT2D eigenvalue weighted by molar-refractivity contribution is -0.154. The van der Waals surface area contributed by atoms with E-state index in [1.165, 1.54) is 29.9 Å². The van der Waals surface area contributed by atoms with Crippen LogP contribution >= 0.6 is 22.9 Å². The summed E-state index contributed by atoms with van der Waals surface area (Å²) >= 11 is 8.18. The molecule has 5 rings (SSSR count). The van der Waals surface area contributed by atoms with Crippen LogP contribution in [0.2, 0.25) is 5.02 Å². The van der Waals surface area contributed by atoms with Crippen molar-refractivity contribution in [3.8, 4) is 40.5 Å². The Morgan fingerprint density at radius 1 is 1.08 bits per heavy atom. The molecule has 0 bridgehead atoms. The number of anilines is 1. The lowest BCUT2D eigenvalue weighted by Gasteiger charge is -2.19. The Bertz CT molecular complexity index is 2120. The van der Waals surface area contributed by atoms with Crippen LogP contribution < -0.4 is 19.5 Å². The third kappa shape index (κ3) is 9.58. The molecule has 0 aliphatic carbocycles. The molecule has 0 amide bonds. The number of hydrogen-bond acceptors (Lipinski definition) is 11. The van der Waals surface area contributed by atoms with E-state index >= 15 is 0 Å². The zero-order valence-corrected chi connectivity index (χ0v) is 30.1. The number of carboxylic acids is 1. The molecule has 2 N–H and O–H groups in total. The molecule has 0 aliphatic rings. The lowest BCUT2D eigenvalue weighted by Crippen LogP contribution is -2.32. The predicted molar refractivity (Wildman–Crippen MR) is 192 cm³/mol. The van der Waals surface area contributed by atoms with E-state index in [4.69, 9.17) is 21.1 Å². The van der Waals surface area contributed by atoms with E-state index < -0.39 is 30.8 Å². The third-order valence-corrected chi connectivity index (χ3v) is 9.06. The van der Waals surface area contributed by atoms with Crippen LogP contribution in [-0.2, 0) is 17.8 Å². The number of benzene rings is 2.